The van der Waals surface area contributed by atoms with Crippen LogP contribution in [0.25, 0.3) is 0 Å². The molecule has 2 aliphatic heterocycles. The van der Waals surface area contributed by atoms with Gasteiger partial charge in [-0.25, -0.2) is 0 Å². The normalized spacial score (nSPS) is 43.0. The number of nitrogens with zero attached hydrogens (tertiary/aromatic N) is 1. The van der Waals surface area contributed by atoms with Crippen LogP contribution >= 0.6 is 0 Å². The maximum Gasteiger partial charge on any atom is 0.0548 e. The maximum atomic E-state index is 3.75. The average Bonchev–Trinajstić information content (AvgIpc) is 2.53. The van der Waals surface area contributed by atoms with Gasteiger partial charge < -0.3 is 5.32 Å². The molecule has 2 rings (SSSR count). The maximum absolute atomic E-state index is 3.75. The van der Waals surface area contributed by atoms with E-state index in [1.807, 2.05) is 0 Å². The zero-order valence-corrected chi connectivity index (χ0v) is 10.5. The molecular formula is C12H25N3. The summed E-state index contributed by atoms with van der Waals surface area (Å²) in [5.74, 6) is 0.782. The Morgan fingerprint density at radius 1 is 1.33 bits per heavy atom. The first-order valence-electron chi connectivity index (χ1n) is 6.28. The fourth-order valence-electron chi connectivity index (χ4n) is 2.96. The standard InChI is InChI=1S/C12H25N3/c1-9(2)15-6-5-10(3)12(8-15)7-13-11(4)14-12/h9-11,13-14H,5-8H2,1-4H3. The molecule has 0 aromatic carbocycles. The Morgan fingerprint density at radius 3 is 2.60 bits per heavy atom. The zero-order valence-electron chi connectivity index (χ0n) is 10.5. The molecule has 2 saturated heterocycles. The van der Waals surface area contributed by atoms with Gasteiger partial charge in [0, 0.05) is 24.7 Å². The number of likely N-dealkylation sites (tertiary alicyclic amines) is 1. The Balaban J connectivity index is 2.08. The summed E-state index contributed by atoms with van der Waals surface area (Å²) < 4.78 is 0. The van der Waals surface area contributed by atoms with Crippen LogP contribution in [-0.4, -0.2) is 42.3 Å². The van der Waals surface area contributed by atoms with Crippen LogP contribution in [-0.2, 0) is 0 Å². The second-order valence-electron chi connectivity index (χ2n) is 5.66. The predicted octanol–water partition coefficient (Wildman–Crippen LogP) is 1.01. The van der Waals surface area contributed by atoms with Crippen LogP contribution in [0.1, 0.15) is 34.1 Å². The van der Waals surface area contributed by atoms with Gasteiger partial charge in [-0.15, -0.1) is 0 Å². The number of piperidine rings is 1. The highest BCUT2D eigenvalue weighted by Crippen LogP contribution is 2.30. The second-order valence-corrected chi connectivity index (χ2v) is 5.66. The molecule has 3 unspecified atom stereocenters. The molecule has 0 saturated carbocycles. The Morgan fingerprint density at radius 2 is 2.07 bits per heavy atom. The van der Waals surface area contributed by atoms with Crippen LogP contribution in [0, 0.1) is 5.92 Å². The first kappa shape index (κ1) is 11.4. The van der Waals surface area contributed by atoms with Crippen molar-refractivity contribution in [2.45, 2.75) is 51.9 Å². The molecule has 0 aromatic rings. The van der Waals surface area contributed by atoms with E-state index < -0.39 is 0 Å². The summed E-state index contributed by atoms with van der Waals surface area (Å²) in [5.41, 5.74) is 0.321. The SMILES string of the molecule is CC1NCC2(CN(C(C)C)CCC2C)N1. The lowest BCUT2D eigenvalue weighted by atomic mass is 9.79. The van der Waals surface area contributed by atoms with Crippen molar-refractivity contribution < 1.29 is 0 Å². The van der Waals surface area contributed by atoms with Crippen LogP contribution in [0.5, 0.6) is 0 Å². The van der Waals surface area contributed by atoms with Gasteiger partial charge in [0.05, 0.1) is 6.17 Å². The molecule has 3 nitrogen and oxygen atoms in total. The summed E-state index contributed by atoms with van der Waals surface area (Å²) in [6.07, 6.45) is 1.79. The van der Waals surface area contributed by atoms with Gasteiger partial charge in [0.2, 0.25) is 0 Å². The number of rotatable bonds is 1. The predicted molar refractivity (Wildman–Crippen MR) is 63.8 cm³/mol. The summed E-state index contributed by atoms with van der Waals surface area (Å²) in [4.78, 5) is 2.60. The Kier molecular flexibility index (Phi) is 3.06. The van der Waals surface area contributed by atoms with E-state index in [1.165, 1.54) is 19.5 Å². The Bertz CT molecular complexity index is 229. The number of hydrogen-bond acceptors (Lipinski definition) is 3. The minimum Gasteiger partial charge on any atom is -0.300 e. The lowest BCUT2D eigenvalue weighted by molar-refractivity contribution is 0.0698. The minimum absolute atomic E-state index is 0.321. The van der Waals surface area contributed by atoms with Crippen molar-refractivity contribution in [1.82, 2.24) is 15.5 Å². The number of nitrogens with one attached hydrogen (secondary N) is 2. The van der Waals surface area contributed by atoms with Crippen molar-refractivity contribution in [3.05, 3.63) is 0 Å². The van der Waals surface area contributed by atoms with Crippen molar-refractivity contribution in [3.8, 4) is 0 Å². The van der Waals surface area contributed by atoms with Gasteiger partial charge in [-0.2, -0.15) is 0 Å². The number of hydrogen-bond donors (Lipinski definition) is 2. The summed E-state index contributed by atoms with van der Waals surface area (Å²) in [6, 6.07) is 0.673. The highest BCUT2D eigenvalue weighted by Gasteiger charge is 2.45. The molecule has 0 aromatic heterocycles. The van der Waals surface area contributed by atoms with Crippen molar-refractivity contribution in [1.29, 1.82) is 0 Å². The fourth-order valence-corrected chi connectivity index (χ4v) is 2.96. The summed E-state index contributed by atoms with van der Waals surface area (Å²) >= 11 is 0. The van der Waals surface area contributed by atoms with Gasteiger partial charge >= 0.3 is 0 Å². The summed E-state index contributed by atoms with van der Waals surface area (Å²) in [6.45, 7) is 12.8. The van der Waals surface area contributed by atoms with E-state index >= 15 is 0 Å². The van der Waals surface area contributed by atoms with Crippen molar-refractivity contribution in [3.63, 3.8) is 0 Å². The third-order valence-corrected chi connectivity index (χ3v) is 4.24. The monoisotopic (exact) mass is 211 g/mol. The molecule has 2 N–H and O–H groups in total. The summed E-state index contributed by atoms with van der Waals surface area (Å²) in [5, 5.41) is 7.28. The third kappa shape index (κ3) is 2.05. The van der Waals surface area contributed by atoms with E-state index in [-0.39, 0.29) is 0 Å². The van der Waals surface area contributed by atoms with E-state index in [2.05, 4.69) is 43.2 Å². The van der Waals surface area contributed by atoms with Crippen LogP contribution in [0.2, 0.25) is 0 Å². The van der Waals surface area contributed by atoms with E-state index in [0.29, 0.717) is 17.7 Å². The molecule has 1 spiro atoms. The highest BCUT2D eigenvalue weighted by molar-refractivity contribution is 5.05. The minimum atomic E-state index is 0.321. The molecule has 0 radical (unpaired) electrons. The molecule has 3 atom stereocenters. The van der Waals surface area contributed by atoms with Crippen molar-refractivity contribution >= 4 is 0 Å². The average molecular weight is 211 g/mol. The molecule has 2 fully saturated rings. The van der Waals surface area contributed by atoms with Gasteiger partial charge in [0.15, 0.2) is 0 Å². The van der Waals surface area contributed by atoms with Gasteiger partial charge in [0.1, 0.15) is 0 Å². The molecule has 2 heterocycles. The van der Waals surface area contributed by atoms with E-state index in [1.54, 1.807) is 0 Å². The lowest BCUT2D eigenvalue weighted by Gasteiger charge is -2.46. The molecule has 88 valence electrons. The van der Waals surface area contributed by atoms with E-state index in [9.17, 15) is 0 Å². The topological polar surface area (TPSA) is 27.3 Å². The van der Waals surface area contributed by atoms with Crippen LogP contribution in [0.4, 0.5) is 0 Å². The fraction of sp³-hybridized carbons (Fsp3) is 1.00. The third-order valence-electron chi connectivity index (χ3n) is 4.24. The van der Waals surface area contributed by atoms with Crippen molar-refractivity contribution in [2.24, 2.45) is 5.92 Å². The second kappa shape index (κ2) is 4.04. The molecule has 15 heavy (non-hydrogen) atoms. The van der Waals surface area contributed by atoms with E-state index in [0.717, 1.165) is 12.5 Å². The van der Waals surface area contributed by atoms with Gasteiger partial charge in [-0.05, 0) is 39.7 Å². The van der Waals surface area contributed by atoms with E-state index in [4.69, 9.17) is 0 Å². The molecule has 0 amide bonds. The van der Waals surface area contributed by atoms with Crippen LogP contribution in [0.15, 0.2) is 0 Å². The lowest BCUT2D eigenvalue weighted by Crippen LogP contribution is -2.62. The van der Waals surface area contributed by atoms with Crippen LogP contribution < -0.4 is 10.6 Å². The first-order valence-corrected chi connectivity index (χ1v) is 6.28. The highest BCUT2D eigenvalue weighted by atomic mass is 15.3. The first-order chi connectivity index (χ1) is 7.03. The zero-order chi connectivity index (χ0) is 11.1. The molecular weight excluding hydrogens is 186 g/mol. The van der Waals surface area contributed by atoms with Crippen LogP contribution in [0.3, 0.4) is 0 Å². The molecule has 0 bridgehead atoms. The molecule has 0 aliphatic carbocycles. The van der Waals surface area contributed by atoms with Gasteiger partial charge in [-0.3, -0.25) is 10.2 Å². The Labute approximate surface area is 93.6 Å². The largest absolute Gasteiger partial charge is 0.300 e. The Hall–Kier alpha value is -0.120. The summed E-state index contributed by atoms with van der Waals surface area (Å²) in [7, 11) is 0. The smallest absolute Gasteiger partial charge is 0.0548 e. The molecule has 3 heteroatoms. The quantitative estimate of drug-likeness (QED) is 0.678. The van der Waals surface area contributed by atoms with Gasteiger partial charge in [-0.1, -0.05) is 6.92 Å². The van der Waals surface area contributed by atoms with Gasteiger partial charge in [0.25, 0.3) is 0 Å². The molecule has 2 aliphatic rings. The van der Waals surface area contributed by atoms with Crippen molar-refractivity contribution in [2.75, 3.05) is 19.6 Å².